The first kappa shape index (κ1) is 16.3. The summed E-state index contributed by atoms with van der Waals surface area (Å²) in [6.45, 7) is -0.769. The first-order valence-corrected chi connectivity index (χ1v) is 6.39. The van der Waals surface area contributed by atoms with Gasteiger partial charge >= 0.3 is 5.97 Å². The van der Waals surface area contributed by atoms with Gasteiger partial charge in [0.15, 0.2) is 23.4 Å². The monoisotopic (exact) mass is 316 g/mol. The van der Waals surface area contributed by atoms with Crippen LogP contribution in [-0.2, 0) is 9.47 Å². The number of aromatic hydroxyl groups is 3. The second-order valence-corrected chi connectivity index (χ2v) is 4.85. The lowest BCUT2D eigenvalue weighted by molar-refractivity contribution is -0.196. The second-order valence-electron chi connectivity index (χ2n) is 4.85. The number of hydrogen-bond acceptors (Lipinski definition) is 9. The summed E-state index contributed by atoms with van der Waals surface area (Å²) in [5, 5.41) is 56.4. The number of carbonyl (C=O) groups is 1. The van der Waals surface area contributed by atoms with Gasteiger partial charge in [0.1, 0.15) is 18.3 Å². The van der Waals surface area contributed by atoms with E-state index in [0.29, 0.717) is 0 Å². The molecule has 0 spiro atoms. The van der Waals surface area contributed by atoms with Gasteiger partial charge in [-0.2, -0.15) is 0 Å². The Kier molecular flexibility index (Phi) is 4.71. The maximum Gasteiger partial charge on any atom is 0.338 e. The van der Waals surface area contributed by atoms with Gasteiger partial charge in [-0.3, -0.25) is 0 Å². The Morgan fingerprint density at radius 1 is 1.23 bits per heavy atom. The molecule has 1 aliphatic rings. The Hall–Kier alpha value is -2.07. The molecule has 1 aromatic rings. The number of rotatable bonds is 3. The minimum atomic E-state index is -1.46. The van der Waals surface area contributed by atoms with Crippen LogP contribution in [0.3, 0.4) is 0 Å². The molecule has 1 fully saturated rings. The summed E-state index contributed by atoms with van der Waals surface area (Å²) in [6, 6.07) is 1.72. The number of hydrogen-bond donors (Lipinski definition) is 6. The molecule has 1 heterocycles. The van der Waals surface area contributed by atoms with Crippen LogP contribution >= 0.6 is 0 Å². The van der Waals surface area contributed by atoms with E-state index in [1.807, 2.05) is 0 Å². The molecule has 9 nitrogen and oxygen atoms in total. The van der Waals surface area contributed by atoms with Crippen molar-refractivity contribution in [2.24, 2.45) is 0 Å². The molecule has 6 N–H and O–H groups in total. The molecule has 1 aliphatic heterocycles. The third-order valence-corrected chi connectivity index (χ3v) is 3.31. The zero-order chi connectivity index (χ0) is 16.4. The van der Waals surface area contributed by atoms with E-state index >= 15 is 0 Å². The Morgan fingerprint density at radius 3 is 2.36 bits per heavy atom. The van der Waals surface area contributed by atoms with Crippen molar-refractivity contribution < 1.29 is 44.9 Å². The van der Waals surface area contributed by atoms with Crippen molar-refractivity contribution in [1.82, 2.24) is 0 Å². The highest BCUT2D eigenvalue weighted by Crippen LogP contribution is 2.35. The van der Waals surface area contributed by atoms with E-state index < -0.39 is 54.2 Å². The fourth-order valence-electron chi connectivity index (χ4n) is 2.07. The van der Waals surface area contributed by atoms with Crippen molar-refractivity contribution in [2.75, 3.05) is 13.2 Å². The van der Waals surface area contributed by atoms with Crippen LogP contribution in [0.1, 0.15) is 10.4 Å². The van der Waals surface area contributed by atoms with Gasteiger partial charge in [-0.05, 0) is 12.1 Å². The van der Waals surface area contributed by atoms with E-state index in [1.165, 1.54) is 0 Å². The molecular formula is C13H16O9. The van der Waals surface area contributed by atoms with Gasteiger partial charge < -0.3 is 40.1 Å². The molecule has 0 bridgehead atoms. The lowest BCUT2D eigenvalue weighted by Gasteiger charge is -2.36. The molecule has 0 saturated carbocycles. The zero-order valence-electron chi connectivity index (χ0n) is 11.3. The predicted molar refractivity (Wildman–Crippen MR) is 69.5 cm³/mol. The van der Waals surface area contributed by atoms with Gasteiger partial charge in [0.25, 0.3) is 0 Å². The largest absolute Gasteiger partial charge is 0.504 e. The fraction of sp³-hybridized carbons (Fsp3) is 0.462. The number of esters is 1. The van der Waals surface area contributed by atoms with Gasteiger partial charge in [0.2, 0.25) is 0 Å². The minimum Gasteiger partial charge on any atom is -0.504 e. The second kappa shape index (κ2) is 6.36. The van der Waals surface area contributed by atoms with Gasteiger partial charge in [0.05, 0.1) is 18.8 Å². The standard InChI is InChI=1S/C13H16O9/c14-3-9-12(11(19)8(17)4-21-9)22-13(20)5-1-6(15)10(18)7(16)2-5/h1-2,8-9,11-12,14-19H,3-4H2/t8-,9+,11+,12+/m0/s1. The zero-order valence-corrected chi connectivity index (χ0v) is 11.3. The van der Waals surface area contributed by atoms with Crippen LogP contribution in [0, 0.1) is 0 Å². The minimum absolute atomic E-state index is 0.221. The molecule has 0 unspecified atom stereocenters. The molecule has 122 valence electrons. The SMILES string of the molecule is O=C(O[C@H]1[C@H](O)[C@@H](O)CO[C@@H]1CO)c1cc(O)c(O)c(O)c1. The molecule has 9 heteroatoms. The lowest BCUT2D eigenvalue weighted by Crippen LogP contribution is -2.55. The predicted octanol–water partition coefficient (Wildman–Crippen LogP) is -1.56. The molecular weight excluding hydrogens is 300 g/mol. The van der Waals surface area contributed by atoms with Gasteiger partial charge in [0, 0.05) is 0 Å². The quantitative estimate of drug-likeness (QED) is 0.286. The Balaban J connectivity index is 2.19. The molecule has 0 radical (unpaired) electrons. The fourth-order valence-corrected chi connectivity index (χ4v) is 2.07. The van der Waals surface area contributed by atoms with Crippen molar-refractivity contribution in [2.45, 2.75) is 24.4 Å². The summed E-state index contributed by atoms with van der Waals surface area (Å²) in [5.74, 6) is -3.30. The van der Waals surface area contributed by atoms with Crippen LogP contribution in [0.5, 0.6) is 17.2 Å². The third kappa shape index (κ3) is 3.07. The number of ether oxygens (including phenoxy) is 2. The van der Waals surface area contributed by atoms with Crippen LogP contribution in [-0.4, -0.2) is 74.2 Å². The summed E-state index contributed by atoms with van der Waals surface area (Å²) < 4.78 is 10.0. The Labute approximate surface area is 124 Å². The molecule has 0 amide bonds. The highest BCUT2D eigenvalue weighted by molar-refractivity contribution is 5.91. The van der Waals surface area contributed by atoms with E-state index in [-0.39, 0.29) is 12.2 Å². The topological polar surface area (TPSA) is 157 Å². The van der Waals surface area contributed by atoms with Crippen LogP contribution in [0.4, 0.5) is 0 Å². The number of phenolic OH excluding ortho intramolecular Hbond substituents is 3. The summed E-state index contributed by atoms with van der Waals surface area (Å²) >= 11 is 0. The molecule has 1 aromatic carbocycles. The summed E-state index contributed by atoms with van der Waals surface area (Å²) in [6.07, 6.45) is -5.11. The van der Waals surface area contributed by atoms with E-state index in [0.717, 1.165) is 12.1 Å². The lowest BCUT2D eigenvalue weighted by atomic mass is 10.00. The van der Waals surface area contributed by atoms with Crippen molar-refractivity contribution in [3.05, 3.63) is 17.7 Å². The van der Waals surface area contributed by atoms with Crippen LogP contribution in [0.2, 0.25) is 0 Å². The van der Waals surface area contributed by atoms with Gasteiger partial charge in [-0.15, -0.1) is 0 Å². The number of aliphatic hydroxyl groups excluding tert-OH is 3. The maximum absolute atomic E-state index is 12.0. The Morgan fingerprint density at radius 2 is 1.82 bits per heavy atom. The van der Waals surface area contributed by atoms with E-state index in [9.17, 15) is 30.3 Å². The number of phenols is 3. The van der Waals surface area contributed by atoms with Gasteiger partial charge in [-0.1, -0.05) is 0 Å². The van der Waals surface area contributed by atoms with Crippen LogP contribution < -0.4 is 0 Å². The van der Waals surface area contributed by atoms with E-state index in [4.69, 9.17) is 14.6 Å². The van der Waals surface area contributed by atoms with Crippen molar-refractivity contribution in [3.63, 3.8) is 0 Å². The summed E-state index contributed by atoms with van der Waals surface area (Å²) in [4.78, 5) is 12.0. The van der Waals surface area contributed by atoms with E-state index in [1.54, 1.807) is 0 Å². The molecule has 1 saturated heterocycles. The maximum atomic E-state index is 12.0. The summed E-state index contributed by atoms with van der Waals surface area (Å²) in [7, 11) is 0. The average Bonchev–Trinajstić information content (AvgIpc) is 2.49. The van der Waals surface area contributed by atoms with Crippen molar-refractivity contribution in [1.29, 1.82) is 0 Å². The van der Waals surface area contributed by atoms with E-state index in [2.05, 4.69) is 0 Å². The molecule has 0 aliphatic carbocycles. The van der Waals surface area contributed by atoms with Gasteiger partial charge in [-0.25, -0.2) is 4.79 Å². The molecule has 0 aromatic heterocycles. The summed E-state index contributed by atoms with van der Waals surface area (Å²) in [5.41, 5.74) is -0.295. The average molecular weight is 316 g/mol. The highest BCUT2D eigenvalue weighted by atomic mass is 16.6. The Bertz CT molecular complexity index is 533. The first-order chi connectivity index (χ1) is 10.3. The number of benzene rings is 1. The molecule has 2 rings (SSSR count). The third-order valence-electron chi connectivity index (χ3n) is 3.31. The number of carbonyl (C=O) groups excluding carboxylic acids is 1. The van der Waals surface area contributed by atoms with Crippen molar-refractivity contribution in [3.8, 4) is 17.2 Å². The van der Waals surface area contributed by atoms with Crippen LogP contribution in [0.15, 0.2) is 12.1 Å². The molecule has 22 heavy (non-hydrogen) atoms. The first-order valence-electron chi connectivity index (χ1n) is 6.39. The molecule has 4 atom stereocenters. The van der Waals surface area contributed by atoms with Crippen LogP contribution in [0.25, 0.3) is 0 Å². The number of aliphatic hydroxyl groups is 3. The highest BCUT2D eigenvalue weighted by Gasteiger charge is 2.41. The smallest absolute Gasteiger partial charge is 0.338 e. The van der Waals surface area contributed by atoms with Crippen molar-refractivity contribution >= 4 is 5.97 Å². The normalized spacial score (nSPS) is 28.3.